The number of carbonyl (C=O) groups excluding carboxylic acids is 1. The van der Waals surface area contributed by atoms with Crippen molar-refractivity contribution in [1.82, 2.24) is 14.7 Å². The minimum absolute atomic E-state index is 0.176. The highest BCUT2D eigenvalue weighted by Crippen LogP contribution is 2.29. The molecule has 6 nitrogen and oxygen atoms in total. The Balaban J connectivity index is 1.95. The molecule has 6 heteroatoms. The van der Waals surface area contributed by atoms with Gasteiger partial charge in [0.2, 0.25) is 0 Å². The third-order valence-electron chi connectivity index (χ3n) is 4.00. The van der Waals surface area contributed by atoms with Gasteiger partial charge in [-0.05, 0) is 24.1 Å². The number of amides is 1. The molecule has 0 spiro atoms. The van der Waals surface area contributed by atoms with Gasteiger partial charge in [0, 0.05) is 20.1 Å². The van der Waals surface area contributed by atoms with E-state index >= 15 is 0 Å². The maximum atomic E-state index is 12.7. The third-order valence-corrected chi connectivity index (χ3v) is 4.00. The fourth-order valence-electron chi connectivity index (χ4n) is 2.95. The zero-order valence-electron chi connectivity index (χ0n) is 12.5. The number of rotatable bonds is 2. The molecule has 2 heterocycles. The second kappa shape index (κ2) is 5.29. The summed E-state index contributed by atoms with van der Waals surface area (Å²) in [5.41, 5.74) is 2.91. The first-order valence-electron chi connectivity index (χ1n) is 7.08. The minimum Gasteiger partial charge on any atom is -0.481 e. The number of fused-ring (bicyclic) bond motifs is 1. The van der Waals surface area contributed by atoms with Gasteiger partial charge in [-0.3, -0.25) is 14.3 Å². The van der Waals surface area contributed by atoms with Gasteiger partial charge in [0.25, 0.3) is 5.91 Å². The second-order valence-electron chi connectivity index (χ2n) is 5.57. The Morgan fingerprint density at radius 3 is 2.68 bits per heavy atom. The van der Waals surface area contributed by atoms with Crippen LogP contribution in [-0.2, 0) is 18.4 Å². The lowest BCUT2D eigenvalue weighted by Gasteiger charge is -2.32. The number of aliphatic carboxylic acids is 1. The first-order chi connectivity index (χ1) is 10.5. The van der Waals surface area contributed by atoms with Gasteiger partial charge >= 0.3 is 5.97 Å². The molecule has 114 valence electrons. The van der Waals surface area contributed by atoms with E-state index in [0.717, 1.165) is 16.8 Å². The van der Waals surface area contributed by atoms with Crippen LogP contribution in [0.1, 0.15) is 33.2 Å². The number of carboxylic acid groups (broad SMARTS) is 1. The Morgan fingerprint density at radius 1 is 1.32 bits per heavy atom. The highest BCUT2D eigenvalue weighted by Gasteiger charge is 2.33. The van der Waals surface area contributed by atoms with Crippen molar-refractivity contribution in [2.24, 2.45) is 7.05 Å². The minimum atomic E-state index is -0.911. The Bertz CT molecular complexity index is 751. The van der Waals surface area contributed by atoms with Crippen LogP contribution < -0.4 is 0 Å². The topological polar surface area (TPSA) is 75.4 Å². The van der Waals surface area contributed by atoms with Gasteiger partial charge in [0.1, 0.15) is 5.69 Å². The van der Waals surface area contributed by atoms with Crippen LogP contribution in [-0.4, -0.2) is 38.2 Å². The van der Waals surface area contributed by atoms with Crippen LogP contribution >= 0.6 is 0 Å². The fourth-order valence-corrected chi connectivity index (χ4v) is 2.95. The van der Waals surface area contributed by atoms with Crippen molar-refractivity contribution in [1.29, 1.82) is 0 Å². The summed E-state index contributed by atoms with van der Waals surface area (Å²) in [4.78, 5) is 25.8. The number of nitrogens with zero attached hydrogens (tertiary/aromatic N) is 3. The Hall–Kier alpha value is -2.63. The summed E-state index contributed by atoms with van der Waals surface area (Å²) in [7, 11) is 1.72. The average molecular weight is 299 g/mol. The molecular formula is C16H17N3O3. The number of benzene rings is 1. The van der Waals surface area contributed by atoms with Gasteiger partial charge in [0.05, 0.1) is 11.6 Å². The molecular weight excluding hydrogens is 282 g/mol. The number of hydrogen-bond acceptors (Lipinski definition) is 3. The molecule has 1 N–H and O–H groups in total. The Morgan fingerprint density at radius 2 is 2.05 bits per heavy atom. The van der Waals surface area contributed by atoms with Crippen molar-refractivity contribution in [3.05, 3.63) is 52.8 Å². The average Bonchev–Trinajstić information content (AvgIpc) is 2.83. The van der Waals surface area contributed by atoms with E-state index in [4.69, 9.17) is 0 Å². The Labute approximate surface area is 128 Å². The molecule has 3 rings (SSSR count). The maximum absolute atomic E-state index is 12.7. The zero-order valence-corrected chi connectivity index (χ0v) is 12.5. The summed E-state index contributed by atoms with van der Waals surface area (Å²) in [5, 5.41) is 13.6. The van der Waals surface area contributed by atoms with Crippen LogP contribution in [0.2, 0.25) is 0 Å². The van der Waals surface area contributed by atoms with E-state index in [9.17, 15) is 14.7 Å². The number of aromatic nitrogens is 2. The molecule has 1 atom stereocenters. The van der Waals surface area contributed by atoms with E-state index in [2.05, 4.69) is 5.10 Å². The molecule has 0 bridgehead atoms. The molecule has 1 amide bonds. The van der Waals surface area contributed by atoms with Gasteiger partial charge in [-0.25, -0.2) is 0 Å². The van der Waals surface area contributed by atoms with Gasteiger partial charge < -0.3 is 10.0 Å². The van der Waals surface area contributed by atoms with Gasteiger partial charge in [0.15, 0.2) is 0 Å². The molecule has 0 fully saturated rings. The number of carboxylic acids is 1. The molecule has 1 unspecified atom stereocenters. The number of hydrogen-bond donors (Lipinski definition) is 1. The molecule has 1 aromatic carbocycles. The summed E-state index contributed by atoms with van der Waals surface area (Å²) in [5.74, 6) is -1.79. The molecule has 22 heavy (non-hydrogen) atoms. The summed E-state index contributed by atoms with van der Waals surface area (Å²) in [6.45, 7) is 2.42. The lowest BCUT2D eigenvalue weighted by atomic mass is 9.89. The van der Waals surface area contributed by atoms with Crippen molar-refractivity contribution in [2.75, 3.05) is 6.54 Å². The largest absolute Gasteiger partial charge is 0.481 e. The third kappa shape index (κ3) is 2.36. The van der Waals surface area contributed by atoms with Gasteiger partial charge in [-0.2, -0.15) is 5.10 Å². The molecule has 0 saturated carbocycles. The summed E-state index contributed by atoms with van der Waals surface area (Å²) >= 11 is 0. The fraction of sp³-hybridized carbons (Fsp3) is 0.312. The molecule has 1 aliphatic heterocycles. The smallest absolute Gasteiger partial charge is 0.312 e. The van der Waals surface area contributed by atoms with Gasteiger partial charge in [-0.15, -0.1) is 0 Å². The summed E-state index contributed by atoms with van der Waals surface area (Å²) in [6.07, 6.45) is 0. The maximum Gasteiger partial charge on any atom is 0.312 e. The normalized spacial score (nSPS) is 17.2. The highest BCUT2D eigenvalue weighted by molar-refractivity contribution is 5.93. The molecule has 0 aliphatic carbocycles. The van der Waals surface area contributed by atoms with E-state index in [-0.39, 0.29) is 12.5 Å². The molecule has 0 saturated heterocycles. The summed E-state index contributed by atoms with van der Waals surface area (Å²) in [6, 6.07) is 9.11. The SMILES string of the molecule is Cc1cc(C(=O)N2Cc3ccccc3C(C(=O)O)C2)n(C)n1. The first-order valence-corrected chi connectivity index (χ1v) is 7.08. The monoisotopic (exact) mass is 299 g/mol. The summed E-state index contributed by atoms with van der Waals surface area (Å²) < 4.78 is 1.54. The number of aryl methyl sites for hydroxylation is 2. The van der Waals surface area contributed by atoms with E-state index in [1.165, 1.54) is 4.68 Å². The van der Waals surface area contributed by atoms with Crippen LogP contribution in [0.3, 0.4) is 0 Å². The second-order valence-corrected chi connectivity index (χ2v) is 5.57. The van der Waals surface area contributed by atoms with E-state index in [0.29, 0.717) is 12.2 Å². The van der Waals surface area contributed by atoms with Gasteiger partial charge in [-0.1, -0.05) is 24.3 Å². The van der Waals surface area contributed by atoms with Crippen molar-refractivity contribution in [3.8, 4) is 0 Å². The molecule has 1 aliphatic rings. The predicted octanol–water partition coefficient (Wildman–Crippen LogP) is 1.55. The van der Waals surface area contributed by atoms with E-state index in [1.54, 1.807) is 18.0 Å². The van der Waals surface area contributed by atoms with Crippen LogP contribution in [0, 0.1) is 6.92 Å². The highest BCUT2D eigenvalue weighted by atomic mass is 16.4. The van der Waals surface area contributed by atoms with Crippen LogP contribution in [0.25, 0.3) is 0 Å². The number of carbonyl (C=O) groups is 2. The quantitative estimate of drug-likeness (QED) is 0.913. The van der Waals surface area contributed by atoms with Crippen molar-refractivity contribution >= 4 is 11.9 Å². The predicted molar refractivity (Wildman–Crippen MR) is 79.5 cm³/mol. The van der Waals surface area contributed by atoms with E-state index < -0.39 is 11.9 Å². The molecule has 0 radical (unpaired) electrons. The van der Waals surface area contributed by atoms with Crippen LogP contribution in [0.15, 0.2) is 30.3 Å². The first kappa shape index (κ1) is 14.3. The Kier molecular flexibility index (Phi) is 3.44. The molecule has 1 aromatic heterocycles. The van der Waals surface area contributed by atoms with Crippen molar-refractivity contribution in [3.63, 3.8) is 0 Å². The lowest BCUT2D eigenvalue weighted by Crippen LogP contribution is -2.41. The van der Waals surface area contributed by atoms with E-state index in [1.807, 2.05) is 31.2 Å². The van der Waals surface area contributed by atoms with Crippen LogP contribution in [0.4, 0.5) is 0 Å². The van der Waals surface area contributed by atoms with Crippen molar-refractivity contribution < 1.29 is 14.7 Å². The van der Waals surface area contributed by atoms with Crippen molar-refractivity contribution in [2.45, 2.75) is 19.4 Å². The zero-order chi connectivity index (χ0) is 15.9. The lowest BCUT2D eigenvalue weighted by molar-refractivity contribution is -0.139. The molecule has 2 aromatic rings. The standard InChI is InChI=1S/C16H17N3O3/c1-10-7-14(18(2)17-10)15(20)19-8-11-5-3-4-6-12(11)13(9-19)16(21)22/h3-7,13H,8-9H2,1-2H3,(H,21,22). The van der Waals surface area contributed by atoms with Crippen LogP contribution in [0.5, 0.6) is 0 Å².